The van der Waals surface area contributed by atoms with Gasteiger partial charge < -0.3 is 9.88 Å². The van der Waals surface area contributed by atoms with Gasteiger partial charge in [-0.3, -0.25) is 4.79 Å². The van der Waals surface area contributed by atoms with Crippen molar-refractivity contribution in [3.63, 3.8) is 0 Å². The topological polar surface area (TPSA) is 59.8 Å². The van der Waals surface area contributed by atoms with Crippen LogP contribution in [0.2, 0.25) is 5.02 Å². The van der Waals surface area contributed by atoms with Gasteiger partial charge in [-0.2, -0.15) is 0 Å². The molecule has 0 saturated carbocycles. The maximum absolute atomic E-state index is 12.6. The zero-order chi connectivity index (χ0) is 22.3. The molecule has 1 N–H and O–H groups in total. The Kier molecular flexibility index (Phi) is 7.52. The number of para-hydroxylation sites is 1. The summed E-state index contributed by atoms with van der Waals surface area (Å²) in [5, 5.41) is 13.0. The van der Waals surface area contributed by atoms with Crippen molar-refractivity contribution >= 4 is 46.7 Å². The number of hydrogen-bond donors (Lipinski definition) is 1. The monoisotopic (exact) mass is 480 g/mol. The van der Waals surface area contributed by atoms with E-state index in [9.17, 15) is 4.79 Å². The Morgan fingerprint density at radius 3 is 2.47 bits per heavy atom. The minimum absolute atomic E-state index is 0.0910. The number of carbonyl (C=O) groups is 1. The Labute approximate surface area is 200 Å². The van der Waals surface area contributed by atoms with E-state index in [2.05, 4.69) is 27.6 Å². The molecular formula is C24H21ClN4OS2. The van der Waals surface area contributed by atoms with E-state index in [0.29, 0.717) is 11.4 Å². The number of anilines is 1. The molecule has 0 atom stereocenters. The van der Waals surface area contributed by atoms with E-state index in [0.717, 1.165) is 26.5 Å². The zero-order valence-electron chi connectivity index (χ0n) is 17.4. The fourth-order valence-electron chi connectivity index (χ4n) is 3.01. The third-order valence-electron chi connectivity index (χ3n) is 4.67. The molecule has 1 amide bonds. The predicted octanol–water partition coefficient (Wildman–Crippen LogP) is 5.94. The molecule has 4 aromatic rings. The van der Waals surface area contributed by atoms with Crippen molar-refractivity contribution in [3.05, 3.63) is 95.3 Å². The van der Waals surface area contributed by atoms with Crippen LogP contribution < -0.4 is 5.32 Å². The van der Waals surface area contributed by atoms with Gasteiger partial charge in [-0.25, -0.2) is 0 Å². The van der Waals surface area contributed by atoms with Crippen molar-refractivity contribution in [3.8, 4) is 0 Å². The number of rotatable bonds is 8. The maximum atomic E-state index is 12.6. The van der Waals surface area contributed by atoms with E-state index >= 15 is 0 Å². The molecule has 162 valence electrons. The number of benzene rings is 3. The molecule has 0 fully saturated rings. The third kappa shape index (κ3) is 5.94. The largest absolute Gasteiger partial charge is 0.324 e. The van der Waals surface area contributed by atoms with Crippen LogP contribution in [0.3, 0.4) is 0 Å². The highest BCUT2D eigenvalue weighted by Gasteiger charge is 2.13. The van der Waals surface area contributed by atoms with Gasteiger partial charge in [0.1, 0.15) is 5.82 Å². The number of aromatic nitrogens is 3. The van der Waals surface area contributed by atoms with Crippen LogP contribution in [0, 0.1) is 0 Å². The van der Waals surface area contributed by atoms with Gasteiger partial charge in [0.15, 0.2) is 5.16 Å². The molecule has 5 nitrogen and oxygen atoms in total. The van der Waals surface area contributed by atoms with Crippen LogP contribution in [0.1, 0.15) is 11.4 Å². The van der Waals surface area contributed by atoms with Gasteiger partial charge in [0, 0.05) is 28.3 Å². The fraction of sp³-hybridized carbons (Fsp3) is 0.125. The lowest BCUT2D eigenvalue weighted by Crippen LogP contribution is -2.15. The highest BCUT2D eigenvalue weighted by Crippen LogP contribution is 2.34. The van der Waals surface area contributed by atoms with Gasteiger partial charge in [-0.15, -0.1) is 10.2 Å². The summed E-state index contributed by atoms with van der Waals surface area (Å²) in [4.78, 5) is 14.6. The molecule has 1 heterocycles. The standard InChI is InChI=1S/C24H21ClN4OS2/c1-29-22(15-17-7-3-2-4-8-17)27-28-24(29)31-16-23(30)26-20-9-5-6-10-21(20)32-19-13-11-18(25)12-14-19/h2-14H,15-16H2,1H3,(H,26,30). The second-order valence-corrected chi connectivity index (χ2v) is 9.50. The molecule has 0 spiro atoms. The molecule has 3 aromatic carbocycles. The van der Waals surface area contributed by atoms with Crippen LogP contribution in [0.25, 0.3) is 0 Å². The Hall–Kier alpha value is -2.74. The first-order valence-electron chi connectivity index (χ1n) is 9.96. The zero-order valence-corrected chi connectivity index (χ0v) is 19.8. The molecule has 0 aliphatic rings. The van der Waals surface area contributed by atoms with E-state index in [-0.39, 0.29) is 11.7 Å². The number of amides is 1. The van der Waals surface area contributed by atoms with Gasteiger partial charge in [-0.1, -0.05) is 77.6 Å². The summed E-state index contributed by atoms with van der Waals surface area (Å²) in [5.41, 5.74) is 1.95. The molecular weight excluding hydrogens is 460 g/mol. The third-order valence-corrected chi connectivity index (χ3v) is 7.02. The second-order valence-electron chi connectivity index (χ2n) is 7.01. The smallest absolute Gasteiger partial charge is 0.234 e. The van der Waals surface area contributed by atoms with Crippen LogP contribution in [0.4, 0.5) is 5.69 Å². The van der Waals surface area contributed by atoms with Crippen molar-refractivity contribution in [2.75, 3.05) is 11.1 Å². The number of halogens is 1. The summed E-state index contributed by atoms with van der Waals surface area (Å²) in [6.45, 7) is 0. The fourth-order valence-corrected chi connectivity index (χ4v) is 4.77. The lowest BCUT2D eigenvalue weighted by molar-refractivity contribution is -0.113. The molecule has 0 bridgehead atoms. The van der Waals surface area contributed by atoms with Gasteiger partial charge in [0.2, 0.25) is 5.91 Å². The number of carbonyl (C=O) groups excluding carboxylic acids is 1. The molecule has 0 aliphatic heterocycles. The van der Waals surface area contributed by atoms with Crippen LogP contribution in [0.15, 0.2) is 93.8 Å². The molecule has 0 aliphatic carbocycles. The summed E-state index contributed by atoms with van der Waals surface area (Å²) in [6, 6.07) is 25.5. The van der Waals surface area contributed by atoms with Crippen molar-refractivity contribution in [1.29, 1.82) is 0 Å². The Morgan fingerprint density at radius 1 is 0.969 bits per heavy atom. The van der Waals surface area contributed by atoms with Gasteiger partial charge in [0.05, 0.1) is 11.4 Å². The van der Waals surface area contributed by atoms with Crippen molar-refractivity contribution < 1.29 is 4.79 Å². The maximum Gasteiger partial charge on any atom is 0.234 e. The normalized spacial score (nSPS) is 10.8. The number of hydrogen-bond acceptors (Lipinski definition) is 5. The van der Waals surface area contributed by atoms with Gasteiger partial charge in [0.25, 0.3) is 0 Å². The first kappa shape index (κ1) is 22.5. The molecule has 0 radical (unpaired) electrons. The van der Waals surface area contributed by atoms with E-state index in [1.54, 1.807) is 11.8 Å². The summed E-state index contributed by atoms with van der Waals surface area (Å²) < 4.78 is 1.94. The lowest BCUT2D eigenvalue weighted by Gasteiger charge is -2.11. The molecule has 1 aromatic heterocycles. The molecule has 8 heteroatoms. The summed E-state index contributed by atoms with van der Waals surface area (Å²) in [5.74, 6) is 1.02. The Balaban J connectivity index is 1.36. The van der Waals surface area contributed by atoms with E-state index in [1.165, 1.54) is 17.3 Å². The average molecular weight is 481 g/mol. The lowest BCUT2D eigenvalue weighted by atomic mass is 10.1. The number of nitrogens with one attached hydrogen (secondary N) is 1. The van der Waals surface area contributed by atoms with Crippen LogP contribution in [0.5, 0.6) is 0 Å². The van der Waals surface area contributed by atoms with Crippen molar-refractivity contribution in [1.82, 2.24) is 14.8 Å². The minimum atomic E-state index is -0.0910. The van der Waals surface area contributed by atoms with Gasteiger partial charge in [-0.05, 0) is 42.0 Å². The van der Waals surface area contributed by atoms with Crippen LogP contribution >= 0.6 is 35.1 Å². The first-order chi connectivity index (χ1) is 15.6. The van der Waals surface area contributed by atoms with E-state index in [4.69, 9.17) is 11.6 Å². The minimum Gasteiger partial charge on any atom is -0.324 e. The van der Waals surface area contributed by atoms with E-state index < -0.39 is 0 Å². The molecule has 4 rings (SSSR count). The van der Waals surface area contributed by atoms with E-state index in [1.807, 2.05) is 78.3 Å². The molecule has 32 heavy (non-hydrogen) atoms. The molecule has 0 unspecified atom stereocenters. The van der Waals surface area contributed by atoms with Crippen molar-refractivity contribution in [2.45, 2.75) is 21.4 Å². The second kappa shape index (κ2) is 10.7. The highest BCUT2D eigenvalue weighted by atomic mass is 35.5. The summed E-state index contributed by atoms with van der Waals surface area (Å²) in [7, 11) is 1.93. The predicted molar refractivity (Wildman–Crippen MR) is 132 cm³/mol. The van der Waals surface area contributed by atoms with Crippen LogP contribution in [-0.2, 0) is 18.3 Å². The SMILES string of the molecule is Cn1c(Cc2ccccc2)nnc1SCC(=O)Nc1ccccc1Sc1ccc(Cl)cc1. The number of thioether (sulfide) groups is 1. The first-order valence-corrected chi connectivity index (χ1v) is 12.1. The number of nitrogens with zero attached hydrogens (tertiary/aromatic N) is 3. The summed E-state index contributed by atoms with van der Waals surface area (Å²) in [6.07, 6.45) is 0.701. The van der Waals surface area contributed by atoms with Crippen LogP contribution in [-0.4, -0.2) is 26.4 Å². The van der Waals surface area contributed by atoms with Crippen molar-refractivity contribution in [2.24, 2.45) is 7.05 Å². The van der Waals surface area contributed by atoms with Gasteiger partial charge >= 0.3 is 0 Å². The summed E-state index contributed by atoms with van der Waals surface area (Å²) >= 11 is 8.93. The Bertz CT molecular complexity index is 1200. The Morgan fingerprint density at radius 2 is 1.69 bits per heavy atom. The quantitative estimate of drug-likeness (QED) is 0.316. The average Bonchev–Trinajstić information content (AvgIpc) is 3.15. The highest BCUT2D eigenvalue weighted by molar-refractivity contribution is 8.00. The molecule has 0 saturated heterocycles.